The van der Waals surface area contributed by atoms with E-state index >= 15 is 0 Å². The second-order valence-corrected chi connectivity index (χ2v) is 5.87. The van der Waals surface area contributed by atoms with Crippen LogP contribution in [0.2, 0.25) is 0 Å². The Hall–Kier alpha value is -0.550. The zero-order chi connectivity index (χ0) is 13.4. The highest BCUT2D eigenvalue weighted by atomic mass is 79.9. The van der Waals surface area contributed by atoms with E-state index in [2.05, 4.69) is 21.2 Å². The summed E-state index contributed by atoms with van der Waals surface area (Å²) in [5.41, 5.74) is -0.585. The lowest BCUT2D eigenvalue weighted by Gasteiger charge is -2.25. The fourth-order valence-corrected chi connectivity index (χ4v) is 2.40. The summed E-state index contributed by atoms with van der Waals surface area (Å²) >= 11 is 3.33. The van der Waals surface area contributed by atoms with Crippen LogP contribution in [-0.2, 0) is 6.42 Å². The molecule has 1 saturated carbocycles. The van der Waals surface area contributed by atoms with Crippen LogP contribution >= 0.6 is 15.9 Å². The summed E-state index contributed by atoms with van der Waals surface area (Å²) in [7, 11) is 0. The predicted molar refractivity (Wildman–Crippen MR) is 68.5 cm³/mol. The Morgan fingerprint density at radius 1 is 1.28 bits per heavy atom. The number of nitrogens with one attached hydrogen (secondary N) is 1. The van der Waals surface area contributed by atoms with E-state index in [1.807, 2.05) is 24.3 Å². The molecule has 1 atom stereocenters. The molecule has 1 nitrogen and oxygen atoms in total. The van der Waals surface area contributed by atoms with Crippen LogP contribution in [0.15, 0.2) is 28.7 Å². The summed E-state index contributed by atoms with van der Waals surface area (Å²) in [6.07, 6.45) is -3.14. The van der Waals surface area contributed by atoms with Crippen molar-refractivity contribution in [3.8, 4) is 0 Å². The number of halogens is 4. The maximum absolute atomic E-state index is 12.8. The second kappa shape index (κ2) is 4.85. The first-order chi connectivity index (χ1) is 8.32. The van der Waals surface area contributed by atoms with Crippen molar-refractivity contribution >= 4 is 15.9 Å². The van der Waals surface area contributed by atoms with E-state index in [4.69, 9.17) is 0 Å². The molecule has 1 aromatic carbocycles. The third kappa shape index (κ3) is 3.06. The molecule has 2 rings (SSSR count). The fraction of sp³-hybridized carbons (Fsp3) is 0.538. The largest absolute Gasteiger partial charge is 0.406 e. The Morgan fingerprint density at radius 3 is 2.28 bits per heavy atom. The Balaban J connectivity index is 1.93. The van der Waals surface area contributed by atoms with Crippen LogP contribution < -0.4 is 5.32 Å². The van der Waals surface area contributed by atoms with E-state index in [0.717, 1.165) is 10.0 Å². The molecule has 1 aromatic rings. The van der Waals surface area contributed by atoms with Crippen LogP contribution in [0.4, 0.5) is 13.2 Å². The Labute approximate surface area is 113 Å². The molecule has 0 saturated heterocycles. The number of rotatable bonds is 4. The molecular weight excluding hydrogens is 307 g/mol. The summed E-state index contributed by atoms with van der Waals surface area (Å²) in [6.45, 7) is 1.80. The summed E-state index contributed by atoms with van der Waals surface area (Å²) < 4.78 is 39.3. The molecule has 0 aromatic heterocycles. The molecule has 1 aliphatic carbocycles. The molecule has 100 valence electrons. The van der Waals surface area contributed by atoms with Crippen LogP contribution in [0, 0.1) is 0 Å². The lowest BCUT2D eigenvalue weighted by molar-refractivity contribution is -0.167. The zero-order valence-electron chi connectivity index (χ0n) is 10.0. The van der Waals surface area contributed by atoms with Gasteiger partial charge in [0.1, 0.15) is 5.54 Å². The van der Waals surface area contributed by atoms with Gasteiger partial charge in [-0.25, -0.2) is 0 Å². The monoisotopic (exact) mass is 321 g/mol. The maximum Gasteiger partial charge on any atom is 0.406 e. The first-order valence-corrected chi connectivity index (χ1v) is 6.71. The molecule has 18 heavy (non-hydrogen) atoms. The molecule has 0 heterocycles. The van der Waals surface area contributed by atoms with Crippen LogP contribution in [-0.4, -0.2) is 17.8 Å². The van der Waals surface area contributed by atoms with Gasteiger partial charge in [0.2, 0.25) is 0 Å². The standard InChI is InChI=1S/C13H15BrF3N/c1-9(8-10-2-4-11(14)5-3-10)18-12(6-7-12)13(15,16)17/h2-5,9,18H,6-8H2,1H3. The van der Waals surface area contributed by atoms with E-state index in [1.54, 1.807) is 6.92 Å². The molecule has 1 unspecified atom stereocenters. The first-order valence-electron chi connectivity index (χ1n) is 5.91. The second-order valence-electron chi connectivity index (χ2n) is 4.96. The quantitative estimate of drug-likeness (QED) is 0.881. The molecule has 1 N–H and O–H groups in total. The van der Waals surface area contributed by atoms with Crippen molar-refractivity contribution in [1.82, 2.24) is 5.32 Å². The van der Waals surface area contributed by atoms with Gasteiger partial charge in [-0.1, -0.05) is 28.1 Å². The van der Waals surface area contributed by atoms with Crippen molar-refractivity contribution in [1.29, 1.82) is 0 Å². The highest BCUT2D eigenvalue weighted by molar-refractivity contribution is 9.10. The molecule has 0 amide bonds. The molecule has 0 spiro atoms. The topological polar surface area (TPSA) is 12.0 Å². The lowest BCUT2D eigenvalue weighted by Crippen LogP contribution is -2.49. The zero-order valence-corrected chi connectivity index (χ0v) is 11.6. The molecule has 1 fully saturated rings. The van der Waals surface area contributed by atoms with E-state index < -0.39 is 11.7 Å². The highest BCUT2D eigenvalue weighted by Gasteiger charge is 2.63. The van der Waals surface area contributed by atoms with Gasteiger partial charge in [0.05, 0.1) is 0 Å². The Bertz CT molecular complexity index is 409. The van der Waals surface area contributed by atoms with Crippen molar-refractivity contribution in [3.05, 3.63) is 34.3 Å². The maximum atomic E-state index is 12.8. The minimum atomic E-state index is -4.14. The summed E-state index contributed by atoms with van der Waals surface area (Å²) in [5.74, 6) is 0. The molecular formula is C13H15BrF3N. The van der Waals surface area contributed by atoms with Gasteiger partial charge in [-0.05, 0) is 43.9 Å². The fourth-order valence-electron chi connectivity index (χ4n) is 2.13. The first kappa shape index (κ1) is 13.9. The smallest absolute Gasteiger partial charge is 0.301 e. The Morgan fingerprint density at radius 2 is 1.83 bits per heavy atom. The summed E-state index contributed by atoms with van der Waals surface area (Å²) in [4.78, 5) is 0. The third-order valence-electron chi connectivity index (χ3n) is 3.27. The van der Waals surface area contributed by atoms with Gasteiger partial charge < -0.3 is 5.32 Å². The van der Waals surface area contributed by atoms with E-state index in [1.165, 1.54) is 0 Å². The van der Waals surface area contributed by atoms with Gasteiger partial charge in [0.15, 0.2) is 0 Å². The summed E-state index contributed by atoms with van der Waals surface area (Å²) in [5, 5.41) is 2.73. The van der Waals surface area contributed by atoms with Crippen molar-refractivity contribution in [2.45, 2.75) is 43.9 Å². The Kier molecular flexibility index (Phi) is 3.74. The number of alkyl halides is 3. The predicted octanol–water partition coefficient (Wildman–Crippen LogP) is 4.06. The van der Waals surface area contributed by atoms with Gasteiger partial charge >= 0.3 is 6.18 Å². The van der Waals surface area contributed by atoms with Crippen molar-refractivity contribution in [2.75, 3.05) is 0 Å². The summed E-state index contributed by atoms with van der Waals surface area (Å²) in [6, 6.07) is 7.47. The van der Waals surface area contributed by atoms with Gasteiger partial charge in [-0.3, -0.25) is 0 Å². The van der Waals surface area contributed by atoms with E-state index in [-0.39, 0.29) is 18.9 Å². The average Bonchev–Trinajstić information content (AvgIpc) is 3.01. The third-order valence-corrected chi connectivity index (χ3v) is 3.80. The molecule has 0 aliphatic heterocycles. The van der Waals surface area contributed by atoms with Crippen LogP contribution in [0.3, 0.4) is 0 Å². The number of hydrogen-bond acceptors (Lipinski definition) is 1. The van der Waals surface area contributed by atoms with Crippen molar-refractivity contribution < 1.29 is 13.2 Å². The lowest BCUT2D eigenvalue weighted by atomic mass is 10.1. The SMILES string of the molecule is CC(Cc1ccc(Br)cc1)NC1(C(F)(F)F)CC1. The average molecular weight is 322 g/mol. The molecule has 1 aliphatic rings. The van der Waals surface area contributed by atoms with Crippen LogP contribution in [0.25, 0.3) is 0 Å². The highest BCUT2D eigenvalue weighted by Crippen LogP contribution is 2.49. The van der Waals surface area contributed by atoms with E-state index in [9.17, 15) is 13.2 Å². The number of benzene rings is 1. The van der Waals surface area contributed by atoms with Gasteiger partial charge in [0.25, 0.3) is 0 Å². The minimum Gasteiger partial charge on any atom is -0.301 e. The molecule has 5 heteroatoms. The van der Waals surface area contributed by atoms with Gasteiger partial charge in [0, 0.05) is 10.5 Å². The normalized spacial score (nSPS) is 19.6. The molecule has 0 bridgehead atoms. The van der Waals surface area contributed by atoms with Gasteiger partial charge in [-0.2, -0.15) is 13.2 Å². The van der Waals surface area contributed by atoms with Crippen LogP contribution in [0.5, 0.6) is 0 Å². The molecule has 0 radical (unpaired) electrons. The van der Waals surface area contributed by atoms with Gasteiger partial charge in [-0.15, -0.1) is 0 Å². The van der Waals surface area contributed by atoms with Crippen molar-refractivity contribution in [3.63, 3.8) is 0 Å². The minimum absolute atomic E-state index is 0.185. The van der Waals surface area contributed by atoms with Crippen molar-refractivity contribution in [2.24, 2.45) is 0 Å². The van der Waals surface area contributed by atoms with Crippen LogP contribution in [0.1, 0.15) is 25.3 Å². The van der Waals surface area contributed by atoms with E-state index in [0.29, 0.717) is 6.42 Å². The number of hydrogen-bond donors (Lipinski definition) is 1.